The van der Waals surface area contributed by atoms with Crippen molar-refractivity contribution >= 4 is 45.2 Å². The van der Waals surface area contributed by atoms with E-state index in [0.717, 1.165) is 19.2 Å². The van der Waals surface area contributed by atoms with E-state index in [1.54, 1.807) is 6.07 Å². The average Bonchev–Trinajstić information content (AvgIpc) is 3.21. The molecule has 1 aliphatic heterocycles. The summed E-state index contributed by atoms with van der Waals surface area (Å²) in [5.74, 6) is -1.13. The highest BCUT2D eigenvalue weighted by molar-refractivity contribution is 9.10. The number of halogens is 4. The van der Waals surface area contributed by atoms with E-state index in [2.05, 4.69) is 36.5 Å². The normalized spacial score (nSPS) is 14.8. The number of aromatic nitrogens is 2. The molecule has 0 radical (unpaired) electrons. The summed E-state index contributed by atoms with van der Waals surface area (Å²) in [6.07, 6.45) is -2.23. The maximum atomic E-state index is 14.0. The average molecular weight is 514 g/mol. The number of aryl methyl sites for hydroxylation is 1. The number of nitrogens with one attached hydrogen (secondary N) is 3. The molecule has 0 bridgehead atoms. The second kappa shape index (κ2) is 9.45. The number of amides is 2. The van der Waals surface area contributed by atoms with Crippen LogP contribution in [0.25, 0.3) is 11.6 Å². The van der Waals surface area contributed by atoms with Gasteiger partial charge in [-0.05, 0) is 48.1 Å². The van der Waals surface area contributed by atoms with Crippen LogP contribution in [0.2, 0.25) is 0 Å². The Morgan fingerprint density at radius 1 is 1.31 bits per heavy atom. The van der Waals surface area contributed by atoms with E-state index in [0.29, 0.717) is 16.6 Å². The lowest BCUT2D eigenvalue weighted by Gasteiger charge is -2.18. The molecule has 3 rings (SSSR count). The second-order valence-corrected chi connectivity index (χ2v) is 8.17. The summed E-state index contributed by atoms with van der Waals surface area (Å²) in [4.78, 5) is 33.8. The summed E-state index contributed by atoms with van der Waals surface area (Å²) in [6, 6.07) is 1.59. The smallest absolute Gasteiger partial charge is 0.358 e. The van der Waals surface area contributed by atoms with E-state index < -0.39 is 29.1 Å². The van der Waals surface area contributed by atoms with E-state index in [9.17, 15) is 22.8 Å². The van der Waals surface area contributed by atoms with E-state index >= 15 is 0 Å². The Bertz CT molecular complexity index is 1070. The van der Waals surface area contributed by atoms with E-state index in [1.165, 1.54) is 13.1 Å². The molecule has 0 atom stereocenters. The number of nitrogens with zero attached hydrogens (tertiary/aromatic N) is 2. The zero-order valence-corrected chi connectivity index (χ0v) is 19.4. The van der Waals surface area contributed by atoms with Crippen molar-refractivity contribution in [2.75, 3.05) is 31.5 Å². The number of anilines is 1. The van der Waals surface area contributed by atoms with Crippen LogP contribution in [0.3, 0.4) is 0 Å². The summed E-state index contributed by atoms with van der Waals surface area (Å²) in [6.45, 7) is 7.62. The molecule has 2 aromatic rings. The first-order valence-corrected chi connectivity index (χ1v) is 10.8. The minimum atomic E-state index is -4.81. The monoisotopic (exact) mass is 513 g/mol. The van der Waals surface area contributed by atoms with Crippen molar-refractivity contribution in [2.24, 2.45) is 0 Å². The van der Waals surface area contributed by atoms with Crippen LogP contribution in [0.4, 0.5) is 19.0 Å². The Balaban J connectivity index is 1.99. The van der Waals surface area contributed by atoms with Crippen molar-refractivity contribution in [3.8, 4) is 0 Å². The van der Waals surface area contributed by atoms with Gasteiger partial charge < -0.3 is 20.5 Å². The van der Waals surface area contributed by atoms with Crippen LogP contribution >= 0.6 is 15.9 Å². The van der Waals surface area contributed by atoms with Gasteiger partial charge in [0.15, 0.2) is 0 Å². The third-order valence-corrected chi connectivity index (χ3v) is 5.68. The molecule has 32 heavy (non-hydrogen) atoms. The van der Waals surface area contributed by atoms with Gasteiger partial charge in [0.1, 0.15) is 5.82 Å². The van der Waals surface area contributed by atoms with Gasteiger partial charge in [-0.3, -0.25) is 9.59 Å². The topological polar surface area (TPSA) is 90.1 Å². The Labute approximate surface area is 191 Å². The number of alkyl halides is 3. The van der Waals surface area contributed by atoms with Gasteiger partial charge in [-0.2, -0.15) is 13.2 Å². The van der Waals surface area contributed by atoms with Crippen LogP contribution in [-0.2, 0) is 11.0 Å². The molecule has 0 aliphatic carbocycles. The number of fused-ring (bicyclic) bond motifs is 1. The highest BCUT2D eigenvalue weighted by Crippen LogP contribution is 2.39. The van der Waals surface area contributed by atoms with E-state index in [-0.39, 0.29) is 29.3 Å². The molecule has 172 valence electrons. The third kappa shape index (κ3) is 4.88. The predicted molar refractivity (Wildman–Crippen MR) is 119 cm³/mol. The zero-order chi connectivity index (χ0) is 23.6. The maximum Gasteiger partial charge on any atom is 0.419 e. The van der Waals surface area contributed by atoms with Gasteiger partial charge in [0.2, 0.25) is 0 Å². The largest absolute Gasteiger partial charge is 0.419 e. The number of aromatic amines is 1. The van der Waals surface area contributed by atoms with Crippen LogP contribution in [-0.4, -0.2) is 52.9 Å². The van der Waals surface area contributed by atoms with Gasteiger partial charge in [0, 0.05) is 35.0 Å². The molecule has 11 heteroatoms. The first kappa shape index (κ1) is 24.0. The van der Waals surface area contributed by atoms with Gasteiger partial charge in [0.05, 0.1) is 22.4 Å². The molecule has 0 unspecified atom stereocenters. The minimum Gasteiger partial charge on any atom is -0.358 e. The molecule has 3 heterocycles. The Hall–Kier alpha value is -2.66. The number of carbonyl (C=O) groups excluding carboxylic acids is 2. The Morgan fingerprint density at radius 2 is 2.00 bits per heavy atom. The van der Waals surface area contributed by atoms with E-state index in [1.807, 2.05) is 18.7 Å². The lowest BCUT2D eigenvalue weighted by atomic mass is 10.0. The van der Waals surface area contributed by atoms with Crippen molar-refractivity contribution in [2.45, 2.75) is 26.9 Å². The van der Waals surface area contributed by atoms with Gasteiger partial charge >= 0.3 is 6.18 Å². The molecule has 2 amide bonds. The number of H-pyrrole nitrogens is 1. The number of hydrogen-bond donors (Lipinski definition) is 3. The van der Waals surface area contributed by atoms with Crippen molar-refractivity contribution < 1.29 is 22.8 Å². The molecule has 7 nitrogen and oxygen atoms in total. The van der Waals surface area contributed by atoms with Gasteiger partial charge in [0.25, 0.3) is 11.8 Å². The van der Waals surface area contributed by atoms with Crippen LogP contribution in [0.1, 0.15) is 46.7 Å². The number of carbonyl (C=O) groups is 2. The van der Waals surface area contributed by atoms with Crippen molar-refractivity contribution in [1.82, 2.24) is 20.2 Å². The lowest BCUT2D eigenvalue weighted by molar-refractivity contribution is -0.138. The molecule has 2 aromatic heterocycles. The first-order chi connectivity index (χ1) is 15.1. The van der Waals surface area contributed by atoms with E-state index in [4.69, 9.17) is 0 Å². The fraction of sp³-hybridized carbons (Fsp3) is 0.381. The highest BCUT2D eigenvalue weighted by Gasteiger charge is 2.41. The molecule has 0 saturated carbocycles. The van der Waals surface area contributed by atoms with Gasteiger partial charge in [-0.15, -0.1) is 0 Å². The van der Waals surface area contributed by atoms with Crippen molar-refractivity contribution in [3.63, 3.8) is 0 Å². The van der Waals surface area contributed by atoms with Crippen LogP contribution < -0.4 is 10.6 Å². The fourth-order valence-electron chi connectivity index (χ4n) is 3.62. The second-order valence-electron chi connectivity index (χ2n) is 7.26. The van der Waals surface area contributed by atoms with Crippen molar-refractivity contribution in [3.05, 3.63) is 44.8 Å². The highest BCUT2D eigenvalue weighted by atomic mass is 79.9. The quantitative estimate of drug-likeness (QED) is 0.487. The van der Waals surface area contributed by atoms with Crippen LogP contribution in [0, 0.1) is 6.92 Å². The SMILES string of the molecule is CCN(CC)CCNC(=O)c1c(C)[nH]c(/C=C2\C(=O)Nc3ncc(Br)cc32)c1C(F)(F)F. The summed E-state index contributed by atoms with van der Waals surface area (Å²) in [7, 11) is 0. The summed E-state index contributed by atoms with van der Waals surface area (Å²) in [5, 5.41) is 5.10. The lowest BCUT2D eigenvalue weighted by Crippen LogP contribution is -2.35. The molecular formula is C21H23BrF3N5O2. The number of pyridine rings is 1. The molecule has 0 spiro atoms. The predicted octanol–water partition coefficient (Wildman–Crippen LogP) is 4.06. The molecule has 0 fully saturated rings. The van der Waals surface area contributed by atoms with Crippen LogP contribution in [0.5, 0.6) is 0 Å². The van der Waals surface area contributed by atoms with Gasteiger partial charge in [-0.25, -0.2) is 4.98 Å². The molecule has 1 aliphatic rings. The molecule has 0 saturated heterocycles. The Kier molecular flexibility index (Phi) is 7.09. The minimum absolute atomic E-state index is 0.0223. The first-order valence-electron chi connectivity index (χ1n) is 10.1. The van der Waals surface area contributed by atoms with Gasteiger partial charge in [-0.1, -0.05) is 13.8 Å². The standard InChI is InChI=1S/C21H23BrF3N5O2/c1-4-30(5-2)7-6-26-20(32)16-11(3)28-15(17(16)21(23,24)25)9-14-13-8-12(22)10-27-18(13)29-19(14)31/h8-10,28H,4-7H2,1-3H3,(H,26,32)(H,27,29,31)/b14-9-. The Morgan fingerprint density at radius 3 is 2.62 bits per heavy atom. The summed E-state index contributed by atoms with van der Waals surface area (Å²) >= 11 is 3.25. The molecule has 0 aromatic carbocycles. The fourth-order valence-corrected chi connectivity index (χ4v) is 3.95. The maximum absolute atomic E-state index is 14.0. The summed E-state index contributed by atoms with van der Waals surface area (Å²) < 4.78 is 42.6. The number of rotatable bonds is 7. The molecular weight excluding hydrogens is 491 g/mol. The zero-order valence-electron chi connectivity index (χ0n) is 17.8. The number of likely N-dealkylation sites (N-methyl/N-ethyl adjacent to an activating group) is 1. The number of hydrogen-bond acceptors (Lipinski definition) is 4. The molecule has 3 N–H and O–H groups in total. The third-order valence-electron chi connectivity index (χ3n) is 5.24. The summed E-state index contributed by atoms with van der Waals surface area (Å²) in [5.41, 5.74) is -1.48. The van der Waals surface area contributed by atoms with Crippen LogP contribution in [0.15, 0.2) is 16.7 Å². The van der Waals surface area contributed by atoms with Crippen molar-refractivity contribution in [1.29, 1.82) is 0 Å².